The Hall–Kier alpha value is -3.16. The number of carbonyl (C=O) groups is 1. The smallest absolute Gasteiger partial charge is 0.225 e. The van der Waals surface area contributed by atoms with E-state index in [0.717, 1.165) is 17.7 Å². The molecule has 0 aliphatic heterocycles. The first kappa shape index (κ1) is 16.7. The van der Waals surface area contributed by atoms with Gasteiger partial charge in [0, 0.05) is 24.9 Å². The van der Waals surface area contributed by atoms with Crippen LogP contribution in [0.3, 0.4) is 0 Å². The number of carbonyl (C=O) groups excluding carboxylic acids is 1. The lowest BCUT2D eigenvalue weighted by Crippen LogP contribution is -2.14. The van der Waals surface area contributed by atoms with Gasteiger partial charge < -0.3 is 5.73 Å². The van der Waals surface area contributed by atoms with Crippen molar-refractivity contribution in [3.05, 3.63) is 71.6 Å². The van der Waals surface area contributed by atoms with Crippen molar-refractivity contribution in [1.82, 2.24) is 19.7 Å². The van der Waals surface area contributed by atoms with Crippen LogP contribution in [-0.2, 0) is 24.1 Å². The Morgan fingerprint density at radius 1 is 1.12 bits per heavy atom. The third-order valence-electron chi connectivity index (χ3n) is 3.57. The molecular weight excluding hydrogens is 328 g/mol. The SMILES string of the molecule is NC(=O)Cc1nc(CCc2ccncc2)n(-c2ccc(F)cc2F)n1. The summed E-state index contributed by atoms with van der Waals surface area (Å²) in [4.78, 5) is 19.4. The van der Waals surface area contributed by atoms with Gasteiger partial charge in [-0.3, -0.25) is 9.78 Å². The van der Waals surface area contributed by atoms with E-state index in [4.69, 9.17) is 5.73 Å². The van der Waals surface area contributed by atoms with Crippen molar-refractivity contribution >= 4 is 5.91 Å². The van der Waals surface area contributed by atoms with Gasteiger partial charge in [0.25, 0.3) is 0 Å². The molecule has 0 atom stereocenters. The summed E-state index contributed by atoms with van der Waals surface area (Å²) in [5.74, 6) is -1.38. The van der Waals surface area contributed by atoms with Crippen LogP contribution in [0.2, 0.25) is 0 Å². The van der Waals surface area contributed by atoms with E-state index in [9.17, 15) is 13.6 Å². The number of aromatic nitrogens is 4. The van der Waals surface area contributed by atoms with Crippen molar-refractivity contribution in [2.45, 2.75) is 19.3 Å². The van der Waals surface area contributed by atoms with Gasteiger partial charge in [-0.2, -0.15) is 5.10 Å². The lowest BCUT2D eigenvalue weighted by atomic mass is 10.1. The van der Waals surface area contributed by atoms with Gasteiger partial charge in [-0.05, 0) is 36.2 Å². The number of nitrogens with two attached hydrogens (primary N) is 1. The van der Waals surface area contributed by atoms with Gasteiger partial charge in [-0.1, -0.05) is 0 Å². The minimum atomic E-state index is -0.763. The van der Waals surface area contributed by atoms with Crippen LogP contribution in [0.15, 0.2) is 42.7 Å². The van der Waals surface area contributed by atoms with Crippen molar-refractivity contribution in [2.24, 2.45) is 5.73 Å². The Balaban J connectivity index is 1.94. The number of amides is 1. The standard InChI is InChI=1S/C17H15F2N5O/c18-12-2-3-14(13(19)9-12)24-17(22-16(23-24)10-15(20)25)4-1-11-5-7-21-8-6-11/h2-3,5-9H,1,4,10H2,(H2,20,25). The number of rotatable bonds is 6. The molecule has 0 aliphatic carbocycles. The fourth-order valence-corrected chi connectivity index (χ4v) is 2.44. The number of nitrogens with zero attached hydrogens (tertiary/aromatic N) is 4. The van der Waals surface area contributed by atoms with Crippen LogP contribution in [-0.4, -0.2) is 25.7 Å². The fourth-order valence-electron chi connectivity index (χ4n) is 2.44. The number of pyridine rings is 1. The number of hydrogen-bond donors (Lipinski definition) is 1. The maximum atomic E-state index is 14.1. The molecule has 2 aromatic heterocycles. The van der Waals surface area contributed by atoms with Crippen LogP contribution >= 0.6 is 0 Å². The molecule has 2 heterocycles. The van der Waals surface area contributed by atoms with E-state index in [1.54, 1.807) is 12.4 Å². The number of aryl methyl sites for hydroxylation is 2. The van der Waals surface area contributed by atoms with E-state index < -0.39 is 17.5 Å². The fraction of sp³-hybridized carbons (Fsp3) is 0.176. The molecule has 0 spiro atoms. The van der Waals surface area contributed by atoms with Crippen molar-refractivity contribution in [3.63, 3.8) is 0 Å². The third kappa shape index (κ3) is 4.03. The highest BCUT2D eigenvalue weighted by Gasteiger charge is 2.16. The molecule has 6 nitrogen and oxygen atoms in total. The van der Waals surface area contributed by atoms with Gasteiger partial charge in [0.2, 0.25) is 5.91 Å². The van der Waals surface area contributed by atoms with E-state index in [0.29, 0.717) is 18.7 Å². The molecule has 3 rings (SSSR count). The van der Waals surface area contributed by atoms with Crippen LogP contribution in [0, 0.1) is 11.6 Å². The summed E-state index contributed by atoms with van der Waals surface area (Å²) < 4.78 is 28.6. The second-order valence-electron chi connectivity index (χ2n) is 5.45. The van der Waals surface area contributed by atoms with Crippen molar-refractivity contribution in [1.29, 1.82) is 0 Å². The second-order valence-corrected chi connectivity index (χ2v) is 5.45. The number of primary amides is 1. The Labute approximate surface area is 142 Å². The van der Waals surface area contributed by atoms with Crippen molar-refractivity contribution < 1.29 is 13.6 Å². The normalized spacial score (nSPS) is 10.8. The zero-order valence-corrected chi connectivity index (χ0v) is 13.2. The van der Waals surface area contributed by atoms with Gasteiger partial charge in [0.15, 0.2) is 11.6 Å². The molecule has 8 heteroatoms. The Kier molecular flexibility index (Phi) is 4.78. The van der Waals surface area contributed by atoms with Crippen molar-refractivity contribution in [2.75, 3.05) is 0 Å². The minimum absolute atomic E-state index is 0.0642. The number of benzene rings is 1. The second kappa shape index (κ2) is 7.16. The summed E-state index contributed by atoms with van der Waals surface area (Å²) in [6, 6.07) is 6.92. The van der Waals surface area contributed by atoms with Crippen LogP contribution < -0.4 is 5.73 Å². The van der Waals surface area contributed by atoms with E-state index in [2.05, 4.69) is 15.1 Å². The highest BCUT2D eigenvalue weighted by Crippen LogP contribution is 2.17. The summed E-state index contributed by atoms with van der Waals surface area (Å²) in [7, 11) is 0. The maximum absolute atomic E-state index is 14.1. The molecule has 0 bridgehead atoms. The lowest BCUT2D eigenvalue weighted by Gasteiger charge is -2.07. The summed E-state index contributed by atoms with van der Waals surface area (Å²) in [6.07, 6.45) is 4.28. The van der Waals surface area contributed by atoms with Gasteiger partial charge in [-0.15, -0.1) is 0 Å². The molecule has 3 aromatic rings. The molecule has 0 saturated carbocycles. The highest BCUT2D eigenvalue weighted by molar-refractivity contribution is 5.75. The first-order chi connectivity index (χ1) is 12.0. The number of hydrogen-bond acceptors (Lipinski definition) is 4. The monoisotopic (exact) mass is 343 g/mol. The molecule has 128 valence electrons. The average molecular weight is 343 g/mol. The lowest BCUT2D eigenvalue weighted by molar-refractivity contribution is -0.117. The van der Waals surface area contributed by atoms with Gasteiger partial charge in [-0.25, -0.2) is 18.4 Å². The Morgan fingerprint density at radius 3 is 2.56 bits per heavy atom. The molecule has 0 aliphatic rings. The number of halogens is 2. The van der Waals surface area contributed by atoms with Gasteiger partial charge >= 0.3 is 0 Å². The molecule has 0 saturated heterocycles. The summed E-state index contributed by atoms with van der Waals surface area (Å²) in [6.45, 7) is 0. The molecule has 25 heavy (non-hydrogen) atoms. The predicted octanol–water partition coefficient (Wildman–Crippen LogP) is 1.75. The third-order valence-corrected chi connectivity index (χ3v) is 3.57. The van der Waals surface area contributed by atoms with Crippen molar-refractivity contribution in [3.8, 4) is 5.69 Å². The molecule has 0 radical (unpaired) electrons. The topological polar surface area (TPSA) is 86.7 Å². The molecular formula is C17H15F2N5O. The maximum Gasteiger partial charge on any atom is 0.225 e. The van der Waals surface area contributed by atoms with Gasteiger partial charge in [0.05, 0.1) is 6.42 Å². The zero-order valence-electron chi connectivity index (χ0n) is 13.2. The highest BCUT2D eigenvalue weighted by atomic mass is 19.1. The molecule has 1 amide bonds. The summed E-state index contributed by atoms with van der Waals surface area (Å²) in [5, 5.41) is 4.15. The first-order valence-corrected chi connectivity index (χ1v) is 7.60. The molecule has 2 N–H and O–H groups in total. The quantitative estimate of drug-likeness (QED) is 0.739. The van der Waals surface area contributed by atoms with Crippen LogP contribution in [0.5, 0.6) is 0 Å². The minimum Gasteiger partial charge on any atom is -0.369 e. The molecule has 0 unspecified atom stereocenters. The first-order valence-electron chi connectivity index (χ1n) is 7.60. The molecule has 0 fully saturated rings. The van der Waals surface area contributed by atoms with Gasteiger partial charge in [0.1, 0.15) is 17.3 Å². The summed E-state index contributed by atoms with van der Waals surface area (Å²) >= 11 is 0. The van der Waals surface area contributed by atoms with Crippen LogP contribution in [0.4, 0.5) is 8.78 Å². The zero-order chi connectivity index (χ0) is 17.8. The predicted molar refractivity (Wildman–Crippen MR) is 85.8 cm³/mol. The van der Waals surface area contributed by atoms with Crippen LogP contribution in [0.25, 0.3) is 5.69 Å². The summed E-state index contributed by atoms with van der Waals surface area (Å²) in [5.41, 5.74) is 6.27. The Bertz CT molecular complexity index is 895. The molecule has 1 aromatic carbocycles. The Morgan fingerprint density at radius 2 is 1.88 bits per heavy atom. The van der Waals surface area contributed by atoms with E-state index in [-0.39, 0.29) is 17.9 Å². The van der Waals surface area contributed by atoms with E-state index in [1.807, 2.05) is 12.1 Å². The average Bonchev–Trinajstić information content (AvgIpc) is 2.95. The largest absolute Gasteiger partial charge is 0.369 e. The van der Waals surface area contributed by atoms with E-state index >= 15 is 0 Å². The van der Waals surface area contributed by atoms with E-state index in [1.165, 1.54) is 10.7 Å². The van der Waals surface area contributed by atoms with Crippen LogP contribution in [0.1, 0.15) is 17.2 Å².